The summed E-state index contributed by atoms with van der Waals surface area (Å²) in [5.74, 6) is 0.0241. The molecular weight excluding hydrogens is 228 g/mol. The fourth-order valence-electron chi connectivity index (χ4n) is 1.80. The molecule has 0 fully saturated rings. The molecule has 4 nitrogen and oxygen atoms in total. The molecule has 0 spiro atoms. The highest BCUT2D eigenvalue weighted by Crippen LogP contribution is 2.19. The molecular formula is C14H15N2O2+. The van der Waals surface area contributed by atoms with Crippen molar-refractivity contribution in [3.63, 3.8) is 0 Å². The third kappa shape index (κ3) is 2.66. The van der Waals surface area contributed by atoms with E-state index >= 15 is 0 Å². The highest BCUT2D eigenvalue weighted by Gasteiger charge is 2.11. The number of hydrogen-bond donors (Lipinski definition) is 1. The first kappa shape index (κ1) is 12.1. The lowest BCUT2D eigenvalue weighted by Crippen LogP contribution is -2.32. The quantitative estimate of drug-likeness (QED) is 0.818. The molecule has 92 valence electrons. The minimum Gasteiger partial charge on any atom is -0.496 e. The van der Waals surface area contributed by atoms with Crippen molar-refractivity contribution in [2.24, 2.45) is 5.73 Å². The number of carbonyl (C=O) groups is 1. The number of carbonyl (C=O) groups excluding carboxylic acids is 1. The minimum absolute atomic E-state index is 0.409. The molecule has 2 aromatic rings. The second-order valence-electron chi connectivity index (χ2n) is 3.95. The summed E-state index contributed by atoms with van der Waals surface area (Å²) >= 11 is 0. The summed E-state index contributed by atoms with van der Waals surface area (Å²) in [6, 6.07) is 11.3. The molecule has 0 atom stereocenters. The maximum atomic E-state index is 11.3. The molecule has 4 heteroatoms. The largest absolute Gasteiger partial charge is 0.496 e. The lowest BCUT2D eigenvalue weighted by molar-refractivity contribution is -0.688. The van der Waals surface area contributed by atoms with Crippen LogP contribution in [0.2, 0.25) is 0 Å². The third-order valence-electron chi connectivity index (χ3n) is 2.67. The van der Waals surface area contributed by atoms with Gasteiger partial charge in [0.05, 0.1) is 12.7 Å². The van der Waals surface area contributed by atoms with Crippen molar-refractivity contribution < 1.29 is 14.1 Å². The van der Waals surface area contributed by atoms with Crippen LogP contribution >= 0.6 is 0 Å². The van der Waals surface area contributed by atoms with E-state index in [4.69, 9.17) is 10.5 Å². The van der Waals surface area contributed by atoms with Crippen LogP contribution in [0.15, 0.2) is 48.8 Å². The maximum absolute atomic E-state index is 11.3. The number of rotatable bonds is 4. The topological polar surface area (TPSA) is 56.2 Å². The zero-order valence-electron chi connectivity index (χ0n) is 10.2. The van der Waals surface area contributed by atoms with Crippen molar-refractivity contribution in [1.82, 2.24) is 0 Å². The molecule has 1 heterocycles. The third-order valence-corrected chi connectivity index (χ3v) is 2.67. The van der Waals surface area contributed by atoms with E-state index in [9.17, 15) is 4.79 Å². The molecule has 1 amide bonds. The Morgan fingerprint density at radius 2 is 2.00 bits per heavy atom. The summed E-state index contributed by atoms with van der Waals surface area (Å²) in [5.41, 5.74) is 6.74. The number of primary amides is 1. The Balaban J connectivity index is 2.30. The number of aromatic nitrogens is 1. The zero-order valence-corrected chi connectivity index (χ0v) is 10.2. The summed E-state index contributed by atoms with van der Waals surface area (Å²) in [6.07, 6.45) is 3.93. The van der Waals surface area contributed by atoms with E-state index in [1.54, 1.807) is 12.1 Å². The minimum atomic E-state index is -0.480. The van der Waals surface area contributed by atoms with Gasteiger partial charge in [0.15, 0.2) is 18.9 Å². The first-order valence-corrected chi connectivity index (χ1v) is 5.61. The van der Waals surface area contributed by atoms with Gasteiger partial charge in [-0.15, -0.1) is 0 Å². The zero-order chi connectivity index (χ0) is 13.0. The number of amides is 1. The molecule has 0 bridgehead atoms. The molecule has 0 aliphatic rings. The first-order chi connectivity index (χ1) is 8.70. The lowest BCUT2D eigenvalue weighted by Gasteiger charge is -2.06. The standard InChI is InChI=1S/C14H14N2O2/c1-18-13-6-5-11(9-12(13)14(15)17)10-16-7-3-2-4-8-16/h2-9H,10H2,1H3,(H-,15,17)/p+1. The number of benzene rings is 1. The van der Waals surface area contributed by atoms with Crippen molar-refractivity contribution in [3.05, 3.63) is 59.9 Å². The molecule has 0 saturated carbocycles. The van der Waals surface area contributed by atoms with Gasteiger partial charge >= 0.3 is 0 Å². The molecule has 0 radical (unpaired) electrons. The van der Waals surface area contributed by atoms with Crippen molar-refractivity contribution in [2.75, 3.05) is 7.11 Å². The molecule has 0 unspecified atom stereocenters. The summed E-state index contributed by atoms with van der Waals surface area (Å²) < 4.78 is 7.12. The van der Waals surface area contributed by atoms with Crippen LogP contribution in [-0.4, -0.2) is 13.0 Å². The van der Waals surface area contributed by atoms with Crippen LogP contribution < -0.4 is 15.0 Å². The van der Waals surface area contributed by atoms with E-state index in [0.717, 1.165) is 5.56 Å². The fraction of sp³-hybridized carbons (Fsp3) is 0.143. The second kappa shape index (κ2) is 5.31. The average molecular weight is 243 g/mol. The number of hydrogen-bond acceptors (Lipinski definition) is 2. The summed E-state index contributed by atoms with van der Waals surface area (Å²) in [7, 11) is 1.52. The molecule has 2 rings (SSSR count). The monoisotopic (exact) mass is 243 g/mol. The van der Waals surface area contributed by atoms with E-state index in [-0.39, 0.29) is 0 Å². The van der Waals surface area contributed by atoms with Gasteiger partial charge in [-0.2, -0.15) is 0 Å². The maximum Gasteiger partial charge on any atom is 0.252 e. The van der Waals surface area contributed by atoms with E-state index in [1.165, 1.54) is 7.11 Å². The molecule has 0 aliphatic carbocycles. The highest BCUT2D eigenvalue weighted by molar-refractivity contribution is 5.95. The van der Waals surface area contributed by atoms with Crippen molar-refractivity contribution in [1.29, 1.82) is 0 Å². The van der Waals surface area contributed by atoms with Crippen molar-refractivity contribution in [2.45, 2.75) is 6.54 Å². The van der Waals surface area contributed by atoms with Gasteiger partial charge in [0.25, 0.3) is 5.91 Å². The van der Waals surface area contributed by atoms with Crippen LogP contribution in [0.1, 0.15) is 15.9 Å². The normalized spacial score (nSPS) is 10.1. The van der Waals surface area contributed by atoms with Gasteiger partial charge in [0, 0.05) is 17.7 Å². The number of nitrogens with two attached hydrogens (primary N) is 1. The summed E-state index contributed by atoms with van der Waals surface area (Å²) in [4.78, 5) is 11.3. The first-order valence-electron chi connectivity index (χ1n) is 5.61. The fourth-order valence-corrected chi connectivity index (χ4v) is 1.80. The van der Waals surface area contributed by atoms with Gasteiger partial charge < -0.3 is 10.5 Å². The van der Waals surface area contributed by atoms with E-state index in [2.05, 4.69) is 0 Å². The van der Waals surface area contributed by atoms with Crippen LogP contribution in [0.3, 0.4) is 0 Å². The number of methoxy groups -OCH3 is 1. The van der Waals surface area contributed by atoms with E-state index < -0.39 is 5.91 Å². The number of nitrogens with zero attached hydrogens (tertiary/aromatic N) is 1. The molecule has 1 aromatic heterocycles. The number of pyridine rings is 1. The number of ether oxygens (including phenoxy) is 1. The van der Waals surface area contributed by atoms with Crippen LogP contribution in [0.4, 0.5) is 0 Å². The van der Waals surface area contributed by atoms with Crippen LogP contribution in [0.5, 0.6) is 5.75 Å². The van der Waals surface area contributed by atoms with Crippen LogP contribution in [0, 0.1) is 0 Å². The Hall–Kier alpha value is -2.36. The van der Waals surface area contributed by atoms with Crippen LogP contribution in [-0.2, 0) is 6.54 Å². The Morgan fingerprint density at radius 1 is 1.28 bits per heavy atom. The second-order valence-corrected chi connectivity index (χ2v) is 3.95. The van der Waals surface area contributed by atoms with Gasteiger partial charge in [-0.05, 0) is 18.2 Å². The summed E-state index contributed by atoms with van der Waals surface area (Å²) in [6.45, 7) is 0.686. The molecule has 18 heavy (non-hydrogen) atoms. The SMILES string of the molecule is COc1ccc(C[n+]2ccccc2)cc1C(N)=O. The Kier molecular flexibility index (Phi) is 3.57. The van der Waals surface area contributed by atoms with Gasteiger partial charge in [-0.3, -0.25) is 4.79 Å². The van der Waals surface area contributed by atoms with Crippen LogP contribution in [0.25, 0.3) is 0 Å². The van der Waals surface area contributed by atoms with Gasteiger partial charge in [-0.1, -0.05) is 6.07 Å². The smallest absolute Gasteiger partial charge is 0.252 e. The summed E-state index contributed by atoms with van der Waals surface area (Å²) in [5, 5.41) is 0. The highest BCUT2D eigenvalue weighted by atomic mass is 16.5. The molecule has 2 N–H and O–H groups in total. The Bertz CT molecular complexity index is 553. The lowest BCUT2D eigenvalue weighted by atomic mass is 10.1. The van der Waals surface area contributed by atoms with Gasteiger partial charge in [-0.25, -0.2) is 4.57 Å². The van der Waals surface area contributed by atoms with Crippen molar-refractivity contribution >= 4 is 5.91 Å². The molecule has 0 saturated heterocycles. The Morgan fingerprint density at radius 3 is 2.61 bits per heavy atom. The molecule has 1 aromatic carbocycles. The van der Waals surface area contributed by atoms with E-state index in [0.29, 0.717) is 17.9 Å². The van der Waals surface area contributed by atoms with Gasteiger partial charge in [0.2, 0.25) is 0 Å². The predicted molar refractivity (Wildman–Crippen MR) is 67.3 cm³/mol. The molecule has 0 aliphatic heterocycles. The van der Waals surface area contributed by atoms with Crippen molar-refractivity contribution in [3.8, 4) is 5.75 Å². The average Bonchev–Trinajstić information content (AvgIpc) is 2.40. The van der Waals surface area contributed by atoms with Gasteiger partial charge in [0.1, 0.15) is 5.75 Å². The van der Waals surface area contributed by atoms with E-state index in [1.807, 2.05) is 41.2 Å². The Labute approximate surface area is 106 Å². The predicted octanol–water partition coefficient (Wildman–Crippen LogP) is 1.13.